The fourth-order valence-corrected chi connectivity index (χ4v) is 2.64. The molecule has 18 heavy (non-hydrogen) atoms. The van der Waals surface area contributed by atoms with Crippen molar-refractivity contribution in [3.8, 4) is 5.75 Å². The molecule has 0 bridgehead atoms. The van der Waals surface area contributed by atoms with Gasteiger partial charge >= 0.3 is 0 Å². The Balaban J connectivity index is 2.37. The minimum atomic E-state index is -0.406. The minimum absolute atomic E-state index is 0.254. The topological polar surface area (TPSA) is 38.5 Å². The molecule has 2 atom stereocenters. The Labute approximate surface area is 108 Å². The van der Waals surface area contributed by atoms with Gasteiger partial charge in [-0.2, -0.15) is 0 Å². The Bertz CT molecular complexity index is 436. The highest BCUT2D eigenvalue weighted by Gasteiger charge is 2.26. The van der Waals surface area contributed by atoms with Crippen molar-refractivity contribution in [3.05, 3.63) is 17.9 Å². The van der Waals surface area contributed by atoms with E-state index in [1.165, 1.54) is 19.6 Å². The molecule has 4 heteroatoms. The first kappa shape index (κ1) is 13.0. The van der Waals surface area contributed by atoms with Gasteiger partial charge in [0.2, 0.25) is 0 Å². The Morgan fingerprint density at radius 2 is 2.11 bits per heavy atom. The number of hydrogen-bond donors (Lipinski definition) is 1. The second kappa shape index (κ2) is 5.04. The van der Waals surface area contributed by atoms with E-state index in [1.807, 2.05) is 0 Å². The number of nitrogens with two attached hydrogens (primary N) is 1. The van der Waals surface area contributed by atoms with Crippen molar-refractivity contribution >= 4 is 11.4 Å². The number of hydrogen-bond acceptors (Lipinski definition) is 3. The summed E-state index contributed by atoms with van der Waals surface area (Å²) >= 11 is 0. The second-order valence-electron chi connectivity index (χ2n) is 5.10. The first-order valence-electron chi connectivity index (χ1n) is 6.44. The molecule has 0 aliphatic carbocycles. The smallest absolute Gasteiger partial charge is 0.167 e. The van der Waals surface area contributed by atoms with Crippen LogP contribution in [0.5, 0.6) is 5.75 Å². The van der Waals surface area contributed by atoms with Gasteiger partial charge in [-0.3, -0.25) is 0 Å². The van der Waals surface area contributed by atoms with Gasteiger partial charge < -0.3 is 15.4 Å². The summed E-state index contributed by atoms with van der Waals surface area (Å²) in [5.74, 6) is 0.468. The lowest BCUT2D eigenvalue weighted by Crippen LogP contribution is -2.42. The Hall–Kier alpha value is -1.45. The number of benzene rings is 1. The van der Waals surface area contributed by atoms with Crippen LogP contribution in [0.1, 0.15) is 26.7 Å². The van der Waals surface area contributed by atoms with Crippen molar-refractivity contribution in [2.24, 2.45) is 5.92 Å². The van der Waals surface area contributed by atoms with E-state index in [4.69, 9.17) is 10.5 Å². The van der Waals surface area contributed by atoms with Gasteiger partial charge in [0.15, 0.2) is 11.6 Å². The summed E-state index contributed by atoms with van der Waals surface area (Å²) in [6.07, 6.45) is 2.38. The summed E-state index contributed by atoms with van der Waals surface area (Å²) in [5, 5.41) is 0. The minimum Gasteiger partial charge on any atom is -0.494 e. The van der Waals surface area contributed by atoms with Crippen LogP contribution in [-0.2, 0) is 0 Å². The quantitative estimate of drug-likeness (QED) is 0.822. The molecule has 2 unspecified atom stereocenters. The summed E-state index contributed by atoms with van der Waals surface area (Å²) < 4.78 is 18.6. The fraction of sp³-hybridized carbons (Fsp3) is 0.571. The normalized spacial score (nSPS) is 24.1. The van der Waals surface area contributed by atoms with E-state index in [1.54, 1.807) is 6.07 Å². The molecule has 1 aromatic rings. The molecule has 1 aromatic carbocycles. The lowest BCUT2D eigenvalue weighted by atomic mass is 9.91. The zero-order chi connectivity index (χ0) is 13.3. The number of nitrogen functional groups attached to an aromatic ring is 1. The van der Waals surface area contributed by atoms with Gasteiger partial charge in [-0.1, -0.05) is 6.92 Å². The highest BCUT2D eigenvalue weighted by Crippen LogP contribution is 2.35. The molecule has 3 nitrogen and oxygen atoms in total. The van der Waals surface area contributed by atoms with Crippen LogP contribution in [0.3, 0.4) is 0 Å². The Kier molecular flexibility index (Phi) is 3.64. The molecule has 1 fully saturated rings. The van der Waals surface area contributed by atoms with E-state index in [9.17, 15) is 4.39 Å². The number of halogens is 1. The third-order valence-corrected chi connectivity index (χ3v) is 3.98. The SMILES string of the molecule is COc1cc(N2CCCC(C)C2C)c(N)cc1F. The summed E-state index contributed by atoms with van der Waals surface area (Å²) in [5.41, 5.74) is 7.31. The third kappa shape index (κ3) is 2.24. The summed E-state index contributed by atoms with van der Waals surface area (Å²) in [6, 6.07) is 3.47. The largest absolute Gasteiger partial charge is 0.494 e. The predicted molar refractivity (Wildman–Crippen MR) is 72.6 cm³/mol. The summed E-state index contributed by atoms with van der Waals surface area (Å²) in [7, 11) is 1.47. The molecule has 0 aromatic heterocycles. The molecular weight excluding hydrogens is 231 g/mol. The highest BCUT2D eigenvalue weighted by molar-refractivity contribution is 5.70. The maximum Gasteiger partial charge on any atom is 0.167 e. The molecule has 1 heterocycles. The van der Waals surface area contributed by atoms with Crippen molar-refractivity contribution in [3.63, 3.8) is 0 Å². The lowest BCUT2D eigenvalue weighted by Gasteiger charge is -2.40. The number of ether oxygens (including phenoxy) is 1. The second-order valence-corrected chi connectivity index (χ2v) is 5.10. The number of anilines is 2. The number of piperidine rings is 1. The first-order chi connectivity index (χ1) is 8.54. The molecule has 100 valence electrons. The zero-order valence-electron chi connectivity index (χ0n) is 11.2. The van der Waals surface area contributed by atoms with E-state index in [-0.39, 0.29) is 5.75 Å². The number of nitrogens with zero attached hydrogens (tertiary/aromatic N) is 1. The van der Waals surface area contributed by atoms with Crippen molar-refractivity contribution in [1.82, 2.24) is 0 Å². The van der Waals surface area contributed by atoms with Crippen LogP contribution in [0.25, 0.3) is 0 Å². The van der Waals surface area contributed by atoms with E-state index < -0.39 is 5.82 Å². The van der Waals surface area contributed by atoms with Gasteiger partial charge in [0, 0.05) is 24.7 Å². The lowest BCUT2D eigenvalue weighted by molar-refractivity contribution is 0.361. The molecule has 2 N–H and O–H groups in total. The standard InChI is InChI=1S/C14H21FN2O/c1-9-5-4-6-17(10(9)2)13-8-14(18-3)11(15)7-12(13)16/h7-10H,4-6,16H2,1-3H3. The maximum absolute atomic E-state index is 13.5. The number of methoxy groups -OCH3 is 1. The van der Waals surface area contributed by atoms with Gasteiger partial charge in [0.1, 0.15) is 0 Å². The van der Waals surface area contributed by atoms with Crippen LogP contribution in [0.2, 0.25) is 0 Å². The van der Waals surface area contributed by atoms with Crippen LogP contribution in [0.4, 0.5) is 15.8 Å². The van der Waals surface area contributed by atoms with Crippen molar-refractivity contribution < 1.29 is 9.13 Å². The van der Waals surface area contributed by atoms with Gasteiger partial charge in [-0.15, -0.1) is 0 Å². The van der Waals surface area contributed by atoms with Gasteiger partial charge in [-0.25, -0.2) is 4.39 Å². The van der Waals surface area contributed by atoms with Gasteiger partial charge in [-0.05, 0) is 25.7 Å². The first-order valence-corrected chi connectivity index (χ1v) is 6.44. The monoisotopic (exact) mass is 252 g/mol. The molecule has 0 radical (unpaired) electrons. The van der Waals surface area contributed by atoms with Crippen molar-refractivity contribution in [2.45, 2.75) is 32.7 Å². The van der Waals surface area contributed by atoms with Crippen molar-refractivity contribution in [1.29, 1.82) is 0 Å². The molecule has 1 aliphatic heterocycles. The third-order valence-electron chi connectivity index (χ3n) is 3.98. The average Bonchev–Trinajstić information content (AvgIpc) is 2.34. The molecule has 0 saturated carbocycles. The Morgan fingerprint density at radius 3 is 2.78 bits per heavy atom. The molecule has 1 saturated heterocycles. The average molecular weight is 252 g/mol. The Morgan fingerprint density at radius 1 is 1.39 bits per heavy atom. The summed E-state index contributed by atoms with van der Waals surface area (Å²) in [4.78, 5) is 2.26. The van der Waals surface area contributed by atoms with Gasteiger partial charge in [0.05, 0.1) is 18.5 Å². The molecule has 0 spiro atoms. The van der Waals surface area contributed by atoms with Crippen LogP contribution in [0.15, 0.2) is 12.1 Å². The van der Waals surface area contributed by atoms with E-state index in [0.29, 0.717) is 17.6 Å². The van der Waals surface area contributed by atoms with E-state index in [2.05, 4.69) is 18.7 Å². The predicted octanol–water partition coefficient (Wildman–Crippen LogP) is 3.04. The fourth-order valence-electron chi connectivity index (χ4n) is 2.64. The van der Waals surface area contributed by atoms with Crippen LogP contribution in [0, 0.1) is 11.7 Å². The number of rotatable bonds is 2. The van der Waals surface area contributed by atoms with Crippen LogP contribution < -0.4 is 15.4 Å². The van der Waals surface area contributed by atoms with E-state index in [0.717, 1.165) is 18.7 Å². The van der Waals surface area contributed by atoms with Gasteiger partial charge in [0.25, 0.3) is 0 Å². The molecule has 2 rings (SSSR count). The van der Waals surface area contributed by atoms with Crippen LogP contribution in [-0.4, -0.2) is 19.7 Å². The molecular formula is C14H21FN2O. The summed E-state index contributed by atoms with van der Waals surface area (Å²) in [6.45, 7) is 5.40. The molecule has 0 amide bonds. The van der Waals surface area contributed by atoms with E-state index >= 15 is 0 Å². The molecule has 1 aliphatic rings. The zero-order valence-corrected chi connectivity index (χ0v) is 11.2. The highest BCUT2D eigenvalue weighted by atomic mass is 19.1. The van der Waals surface area contributed by atoms with Crippen LogP contribution >= 0.6 is 0 Å². The van der Waals surface area contributed by atoms with Crippen molar-refractivity contribution in [2.75, 3.05) is 24.3 Å². The maximum atomic E-state index is 13.5.